The Hall–Kier alpha value is -4.58. The zero-order chi connectivity index (χ0) is 22.4. The first-order valence-corrected chi connectivity index (χ1v) is 9.87. The third kappa shape index (κ3) is 3.15. The molecule has 32 heavy (non-hydrogen) atoms. The summed E-state index contributed by atoms with van der Waals surface area (Å²) >= 11 is 0. The molecule has 0 aromatic heterocycles. The van der Waals surface area contributed by atoms with Crippen LogP contribution < -0.4 is 5.32 Å². The zero-order valence-electron chi connectivity index (χ0n) is 16.7. The topological polar surface area (TPSA) is 107 Å². The highest BCUT2D eigenvalue weighted by atomic mass is 16.3. The molecule has 1 aliphatic heterocycles. The molecule has 6 nitrogen and oxygen atoms in total. The van der Waals surface area contributed by atoms with E-state index in [-0.39, 0.29) is 28.4 Å². The average Bonchev–Trinajstić information content (AvgIpc) is 3.07. The van der Waals surface area contributed by atoms with Gasteiger partial charge in [0, 0.05) is 5.56 Å². The molecule has 0 radical (unpaired) electrons. The maximum Gasteiger partial charge on any atom is 0.259 e. The summed E-state index contributed by atoms with van der Waals surface area (Å²) in [6, 6.07) is 21.2. The number of aromatic hydroxyl groups is 3. The second-order valence-electron chi connectivity index (χ2n) is 7.52. The number of fused-ring (bicyclic) bond motifs is 1. The molecule has 0 spiro atoms. The molecule has 0 unspecified atom stereocenters. The molecule has 0 aliphatic carbocycles. The van der Waals surface area contributed by atoms with Crippen molar-refractivity contribution in [3.05, 3.63) is 90.0 Å². The summed E-state index contributed by atoms with van der Waals surface area (Å²) in [5, 5.41) is 31.7. The normalized spacial score (nSPS) is 12.5. The predicted octanol–water partition coefficient (Wildman–Crippen LogP) is 4.69. The van der Waals surface area contributed by atoms with Crippen molar-refractivity contribution in [3.8, 4) is 50.6 Å². The van der Waals surface area contributed by atoms with Crippen LogP contribution in [0.1, 0.15) is 20.7 Å². The number of phenols is 3. The lowest BCUT2D eigenvalue weighted by Gasteiger charge is -2.19. The number of benzene rings is 4. The fraction of sp³-hybridized carbons (Fsp3) is 0. The Morgan fingerprint density at radius 1 is 0.469 bits per heavy atom. The number of amides is 2. The lowest BCUT2D eigenvalue weighted by Crippen LogP contribution is -2.20. The van der Waals surface area contributed by atoms with Crippen LogP contribution in [0.2, 0.25) is 0 Å². The van der Waals surface area contributed by atoms with Gasteiger partial charge in [0.2, 0.25) is 0 Å². The summed E-state index contributed by atoms with van der Waals surface area (Å²) in [4.78, 5) is 25.4. The molecular formula is C26H17NO5. The summed E-state index contributed by atoms with van der Waals surface area (Å²) in [6.07, 6.45) is 0. The highest BCUT2D eigenvalue weighted by Crippen LogP contribution is 2.45. The molecule has 2 amide bonds. The van der Waals surface area contributed by atoms with Gasteiger partial charge >= 0.3 is 0 Å². The lowest BCUT2D eigenvalue weighted by molar-refractivity contribution is 0.0880. The minimum absolute atomic E-state index is 0.0757. The molecule has 1 aliphatic rings. The Morgan fingerprint density at radius 3 is 1.41 bits per heavy atom. The SMILES string of the molecule is O=C1NC(=O)c2c1cc(-c1ccc(O)cc1)c(-c1ccc(O)cc1)c2-c1ccc(O)cc1. The van der Waals surface area contributed by atoms with E-state index in [9.17, 15) is 24.9 Å². The van der Waals surface area contributed by atoms with Gasteiger partial charge in [-0.2, -0.15) is 0 Å². The largest absolute Gasteiger partial charge is 0.508 e. The van der Waals surface area contributed by atoms with Crippen molar-refractivity contribution in [2.75, 3.05) is 0 Å². The Morgan fingerprint density at radius 2 is 0.906 bits per heavy atom. The van der Waals surface area contributed by atoms with Crippen LogP contribution in [0, 0.1) is 0 Å². The first kappa shape index (κ1) is 19.4. The van der Waals surface area contributed by atoms with Gasteiger partial charge in [0.15, 0.2) is 0 Å². The Balaban J connectivity index is 1.93. The molecule has 1 heterocycles. The standard InChI is InChI=1S/C26H17NO5/c28-17-7-1-14(2-8-17)20-13-21-24(26(32)27-25(21)31)23(16-5-11-19(30)12-6-16)22(20)15-3-9-18(29)10-4-15/h1-13,28-30H,(H,27,31,32). The van der Waals surface area contributed by atoms with Gasteiger partial charge in [-0.05, 0) is 70.3 Å². The molecule has 4 aromatic rings. The van der Waals surface area contributed by atoms with Crippen molar-refractivity contribution < 1.29 is 24.9 Å². The summed E-state index contributed by atoms with van der Waals surface area (Å²) in [7, 11) is 0. The fourth-order valence-electron chi connectivity index (χ4n) is 4.04. The van der Waals surface area contributed by atoms with Crippen LogP contribution in [-0.4, -0.2) is 27.1 Å². The number of nitrogens with one attached hydrogen (secondary N) is 1. The van der Waals surface area contributed by atoms with E-state index < -0.39 is 11.8 Å². The smallest absolute Gasteiger partial charge is 0.259 e. The summed E-state index contributed by atoms with van der Waals surface area (Å²) in [6.45, 7) is 0. The van der Waals surface area contributed by atoms with Gasteiger partial charge in [0.05, 0.1) is 11.1 Å². The number of hydrogen-bond acceptors (Lipinski definition) is 5. The monoisotopic (exact) mass is 423 g/mol. The van der Waals surface area contributed by atoms with Crippen molar-refractivity contribution in [3.63, 3.8) is 0 Å². The number of carbonyl (C=O) groups is 2. The zero-order valence-corrected chi connectivity index (χ0v) is 16.7. The minimum Gasteiger partial charge on any atom is -0.508 e. The lowest BCUT2D eigenvalue weighted by atomic mass is 9.83. The van der Waals surface area contributed by atoms with Crippen LogP contribution in [0.25, 0.3) is 33.4 Å². The molecule has 0 saturated heterocycles. The molecule has 4 N–H and O–H groups in total. The first-order valence-electron chi connectivity index (χ1n) is 9.87. The minimum atomic E-state index is -0.495. The molecule has 0 fully saturated rings. The van der Waals surface area contributed by atoms with Crippen LogP contribution in [0.4, 0.5) is 0 Å². The molecule has 0 saturated carbocycles. The summed E-state index contributed by atoms with van der Waals surface area (Å²) in [5.41, 5.74) is 4.53. The van der Waals surface area contributed by atoms with Gasteiger partial charge in [0.1, 0.15) is 17.2 Å². The van der Waals surface area contributed by atoms with E-state index >= 15 is 0 Å². The van der Waals surface area contributed by atoms with Crippen molar-refractivity contribution in [2.45, 2.75) is 0 Å². The van der Waals surface area contributed by atoms with Gasteiger partial charge < -0.3 is 15.3 Å². The van der Waals surface area contributed by atoms with E-state index in [4.69, 9.17) is 0 Å². The Bertz CT molecular complexity index is 1370. The van der Waals surface area contributed by atoms with Crippen LogP contribution in [-0.2, 0) is 0 Å². The second kappa shape index (κ2) is 7.28. The van der Waals surface area contributed by atoms with Gasteiger partial charge in [-0.1, -0.05) is 36.4 Å². The molecule has 0 atom stereocenters. The molecule has 6 heteroatoms. The average molecular weight is 423 g/mol. The van der Waals surface area contributed by atoms with Gasteiger partial charge in [-0.25, -0.2) is 0 Å². The second-order valence-corrected chi connectivity index (χ2v) is 7.52. The summed E-state index contributed by atoms with van der Waals surface area (Å²) < 4.78 is 0. The highest BCUT2D eigenvalue weighted by molar-refractivity contribution is 6.26. The number of hydrogen-bond donors (Lipinski definition) is 4. The van der Waals surface area contributed by atoms with Gasteiger partial charge in [-0.15, -0.1) is 0 Å². The quantitative estimate of drug-likeness (QED) is 0.358. The van der Waals surface area contributed by atoms with E-state index in [1.807, 2.05) is 0 Å². The number of carbonyl (C=O) groups excluding carboxylic acids is 2. The number of imide groups is 1. The maximum atomic E-state index is 12.8. The summed E-state index contributed by atoms with van der Waals surface area (Å²) in [5.74, 6) is -0.701. The highest BCUT2D eigenvalue weighted by Gasteiger charge is 2.33. The van der Waals surface area contributed by atoms with Crippen LogP contribution in [0.5, 0.6) is 17.2 Å². The predicted molar refractivity (Wildman–Crippen MR) is 120 cm³/mol. The Labute approximate surface area is 183 Å². The molecular weight excluding hydrogens is 406 g/mol. The van der Waals surface area contributed by atoms with Crippen molar-refractivity contribution in [1.82, 2.24) is 5.32 Å². The molecule has 0 bridgehead atoms. The van der Waals surface area contributed by atoms with E-state index in [0.29, 0.717) is 22.3 Å². The van der Waals surface area contributed by atoms with E-state index in [2.05, 4.69) is 5.32 Å². The van der Waals surface area contributed by atoms with Crippen LogP contribution in [0.3, 0.4) is 0 Å². The molecule has 5 rings (SSSR count). The van der Waals surface area contributed by atoms with Crippen molar-refractivity contribution in [1.29, 1.82) is 0 Å². The number of rotatable bonds is 3. The fourth-order valence-corrected chi connectivity index (χ4v) is 4.04. The van der Waals surface area contributed by atoms with Gasteiger partial charge in [-0.3, -0.25) is 14.9 Å². The third-order valence-corrected chi connectivity index (χ3v) is 5.52. The van der Waals surface area contributed by atoms with Crippen LogP contribution in [0.15, 0.2) is 78.9 Å². The first-order chi connectivity index (χ1) is 15.4. The van der Waals surface area contributed by atoms with Crippen molar-refractivity contribution in [2.24, 2.45) is 0 Å². The van der Waals surface area contributed by atoms with Crippen LogP contribution >= 0.6 is 0 Å². The van der Waals surface area contributed by atoms with Crippen molar-refractivity contribution >= 4 is 11.8 Å². The molecule has 4 aromatic carbocycles. The van der Waals surface area contributed by atoms with E-state index in [1.54, 1.807) is 66.7 Å². The molecule has 156 valence electrons. The maximum absolute atomic E-state index is 12.8. The third-order valence-electron chi connectivity index (χ3n) is 5.52. The van der Waals surface area contributed by atoms with Gasteiger partial charge in [0.25, 0.3) is 11.8 Å². The number of phenolic OH excluding ortho intramolecular Hbond substituents is 3. The Kier molecular flexibility index (Phi) is 4.41. The van der Waals surface area contributed by atoms with E-state index in [0.717, 1.165) is 11.1 Å². The van der Waals surface area contributed by atoms with E-state index in [1.165, 1.54) is 12.1 Å².